The van der Waals surface area contributed by atoms with E-state index in [0.717, 1.165) is 87.9 Å². The molecule has 0 aromatic carbocycles. The van der Waals surface area contributed by atoms with Gasteiger partial charge in [0.1, 0.15) is 0 Å². The Morgan fingerprint density at radius 2 is 1.35 bits per heavy atom. The number of nitrogens with one attached hydrogen (secondary N) is 2. The fourth-order valence-electron chi connectivity index (χ4n) is 6.21. The highest BCUT2D eigenvalue weighted by Crippen LogP contribution is 2.30. The van der Waals surface area contributed by atoms with Crippen LogP contribution in [0.1, 0.15) is 72.1 Å². The topological polar surface area (TPSA) is 123 Å². The molecule has 3 fully saturated rings. The molecule has 2 saturated heterocycles. The minimum atomic E-state index is -0.00255. The van der Waals surface area contributed by atoms with Crippen LogP contribution in [-0.4, -0.2) is 107 Å². The lowest BCUT2D eigenvalue weighted by atomic mass is 10.0. The largest absolute Gasteiger partial charge is 0.344 e. The second kappa shape index (κ2) is 15.5. The normalized spacial score (nSPS) is 19.7. The van der Waals surface area contributed by atoms with Crippen LogP contribution in [0.2, 0.25) is 0 Å². The summed E-state index contributed by atoms with van der Waals surface area (Å²) in [5, 5.41) is 25.9. The maximum absolute atomic E-state index is 12.4. The molecule has 0 radical (unpaired) electrons. The number of aromatic nitrogens is 4. The molecule has 43 heavy (non-hydrogen) atoms. The highest BCUT2D eigenvalue weighted by Gasteiger charge is 2.26. The van der Waals surface area contributed by atoms with E-state index in [9.17, 15) is 9.59 Å². The van der Waals surface area contributed by atoms with E-state index >= 15 is 0 Å². The van der Waals surface area contributed by atoms with Crippen molar-refractivity contribution in [2.24, 2.45) is 11.8 Å². The van der Waals surface area contributed by atoms with Gasteiger partial charge < -0.3 is 20.4 Å². The second-order valence-corrected chi connectivity index (χ2v) is 14.6. The number of nitrogens with zero attached hydrogens (tertiary/aromatic N) is 8. The Morgan fingerprint density at radius 1 is 0.791 bits per heavy atom. The van der Waals surface area contributed by atoms with Gasteiger partial charge in [0, 0.05) is 71.2 Å². The molecule has 3 aliphatic rings. The van der Waals surface area contributed by atoms with Crippen LogP contribution in [0.4, 0.5) is 20.5 Å². The number of rotatable bonds is 13. The lowest BCUT2D eigenvalue weighted by Gasteiger charge is -2.39. The van der Waals surface area contributed by atoms with Gasteiger partial charge in [-0.2, -0.15) is 0 Å². The van der Waals surface area contributed by atoms with Gasteiger partial charge in [0.25, 0.3) is 0 Å². The first-order valence-electron chi connectivity index (χ1n) is 16.1. The number of hydrogen-bond donors (Lipinski definition) is 2. The quantitative estimate of drug-likeness (QED) is 0.335. The van der Waals surface area contributed by atoms with Gasteiger partial charge in [-0.3, -0.25) is 19.4 Å². The van der Waals surface area contributed by atoms with Crippen molar-refractivity contribution in [1.29, 1.82) is 0 Å². The monoisotopic (exact) mass is 632 g/mol. The number of carbonyl (C=O) groups excluding carboxylic acids is 2. The molecule has 5 rings (SSSR count). The van der Waals surface area contributed by atoms with E-state index in [-0.39, 0.29) is 11.8 Å². The Morgan fingerprint density at radius 3 is 1.93 bits per heavy atom. The lowest BCUT2D eigenvalue weighted by molar-refractivity contribution is -0.117. The number of hydrogen-bond acceptors (Lipinski definition) is 12. The van der Waals surface area contributed by atoms with Crippen LogP contribution in [0, 0.1) is 11.8 Å². The van der Waals surface area contributed by atoms with E-state index in [4.69, 9.17) is 0 Å². The highest BCUT2D eigenvalue weighted by atomic mass is 32.1. The molecule has 1 unspecified atom stereocenters. The molecule has 1 saturated carbocycles. The third-order valence-electron chi connectivity index (χ3n) is 8.88. The van der Waals surface area contributed by atoms with Crippen LogP contribution >= 0.6 is 22.7 Å². The number of anilines is 4. The molecular weight excluding hydrogens is 585 g/mol. The van der Waals surface area contributed by atoms with Crippen molar-refractivity contribution in [3.8, 4) is 0 Å². The first-order valence-corrected chi connectivity index (χ1v) is 17.7. The predicted molar refractivity (Wildman–Crippen MR) is 174 cm³/mol. The van der Waals surface area contributed by atoms with Gasteiger partial charge in [-0.1, -0.05) is 62.2 Å². The summed E-state index contributed by atoms with van der Waals surface area (Å²) in [5.41, 5.74) is 0. The maximum atomic E-state index is 12.4. The first kappa shape index (κ1) is 32.0. The summed E-state index contributed by atoms with van der Waals surface area (Å²) < 4.78 is 0. The van der Waals surface area contributed by atoms with Crippen LogP contribution < -0.4 is 20.4 Å². The Kier molecular flexibility index (Phi) is 11.6. The van der Waals surface area contributed by atoms with E-state index in [1.165, 1.54) is 48.4 Å². The fraction of sp³-hybridized carbons (Fsp3) is 0.793. The molecule has 2 aromatic heterocycles. The minimum absolute atomic E-state index is 0.00255. The zero-order valence-electron chi connectivity index (χ0n) is 26.0. The van der Waals surface area contributed by atoms with Crippen molar-refractivity contribution in [3.05, 3.63) is 0 Å². The Hall–Kier alpha value is -2.42. The molecule has 2 aliphatic heterocycles. The van der Waals surface area contributed by atoms with Crippen LogP contribution in [0.5, 0.6) is 0 Å². The molecule has 4 heterocycles. The van der Waals surface area contributed by atoms with Gasteiger partial charge in [-0.05, 0) is 38.1 Å². The molecule has 238 valence electrons. The van der Waals surface area contributed by atoms with Crippen molar-refractivity contribution in [1.82, 2.24) is 30.2 Å². The summed E-state index contributed by atoms with van der Waals surface area (Å²) >= 11 is 2.94. The van der Waals surface area contributed by atoms with Crippen molar-refractivity contribution < 1.29 is 9.59 Å². The predicted octanol–water partition coefficient (Wildman–Crippen LogP) is 4.01. The Labute approximate surface area is 263 Å². The second-order valence-electron chi connectivity index (χ2n) is 12.7. The number of amides is 2. The first-order chi connectivity index (χ1) is 20.8. The van der Waals surface area contributed by atoms with E-state index in [1.807, 2.05) is 13.8 Å². The molecular formula is C29H48N10O2S2. The van der Waals surface area contributed by atoms with Gasteiger partial charge >= 0.3 is 0 Å². The van der Waals surface area contributed by atoms with Crippen LogP contribution in [0.25, 0.3) is 0 Å². The molecule has 0 spiro atoms. The molecule has 12 nitrogen and oxygen atoms in total. The van der Waals surface area contributed by atoms with Crippen molar-refractivity contribution in [3.63, 3.8) is 0 Å². The molecule has 2 N–H and O–H groups in total. The summed E-state index contributed by atoms with van der Waals surface area (Å²) in [6.07, 6.45) is 8.36. The van der Waals surface area contributed by atoms with Crippen LogP contribution in [0.3, 0.4) is 0 Å². The third-order valence-corrected chi connectivity index (χ3v) is 10.7. The summed E-state index contributed by atoms with van der Waals surface area (Å²) in [6, 6.07) is 0.517. The van der Waals surface area contributed by atoms with Gasteiger partial charge in [0.15, 0.2) is 0 Å². The Balaban J connectivity index is 0.966. The fourth-order valence-corrected chi connectivity index (χ4v) is 7.84. The smallest absolute Gasteiger partial charge is 0.226 e. The van der Waals surface area contributed by atoms with Crippen molar-refractivity contribution in [2.75, 3.05) is 79.3 Å². The average molecular weight is 633 g/mol. The number of carbonyl (C=O) groups is 2. The minimum Gasteiger partial charge on any atom is -0.344 e. The highest BCUT2D eigenvalue weighted by molar-refractivity contribution is 7.19. The van der Waals surface area contributed by atoms with Crippen molar-refractivity contribution >= 4 is 55.0 Å². The summed E-state index contributed by atoms with van der Waals surface area (Å²) in [6.45, 7) is 15.2. The summed E-state index contributed by atoms with van der Waals surface area (Å²) in [5.74, 6) is 1.10. The maximum Gasteiger partial charge on any atom is 0.226 e. The SMILES string of the molecule is CC(C)CC(=O)Nc1nnc(N2CCN(C(C)CCN3CCN(c4nnc(NC(=O)CCC5CCCC5)s4)CC3)CC2)s1. The van der Waals surface area contributed by atoms with Crippen molar-refractivity contribution in [2.45, 2.75) is 78.2 Å². The number of piperazine rings is 2. The zero-order valence-corrected chi connectivity index (χ0v) is 27.6. The lowest BCUT2D eigenvalue weighted by Crippen LogP contribution is -2.51. The van der Waals surface area contributed by atoms with Gasteiger partial charge in [0.05, 0.1) is 0 Å². The standard InChI is InChI=1S/C29H48N10O2S2/c1-21(2)20-25(41)31-27-33-35-29(43-27)39-18-16-37(17-19-39)22(3)10-11-36-12-14-38(15-13-36)28-34-32-26(42-28)30-24(40)9-8-23-6-4-5-7-23/h21-23H,4-20H2,1-3H3,(H,30,32,40)(H,31,33,41). The average Bonchev–Trinajstić information content (AvgIpc) is 3.78. The van der Waals surface area contributed by atoms with Crippen LogP contribution in [-0.2, 0) is 9.59 Å². The van der Waals surface area contributed by atoms with Gasteiger partial charge in [-0.15, -0.1) is 20.4 Å². The van der Waals surface area contributed by atoms with E-state index in [2.05, 4.69) is 57.6 Å². The summed E-state index contributed by atoms with van der Waals surface area (Å²) in [4.78, 5) is 34.1. The third kappa shape index (κ3) is 9.53. The summed E-state index contributed by atoms with van der Waals surface area (Å²) in [7, 11) is 0. The van der Waals surface area contributed by atoms with Crippen LogP contribution in [0.15, 0.2) is 0 Å². The molecule has 0 bridgehead atoms. The van der Waals surface area contributed by atoms with E-state index < -0.39 is 0 Å². The molecule has 2 amide bonds. The molecule has 1 atom stereocenters. The molecule has 14 heteroatoms. The molecule has 1 aliphatic carbocycles. The Bertz CT molecular complexity index is 1170. The van der Waals surface area contributed by atoms with Gasteiger partial charge in [0.2, 0.25) is 32.3 Å². The van der Waals surface area contributed by atoms with E-state index in [1.54, 1.807) is 0 Å². The van der Waals surface area contributed by atoms with E-state index in [0.29, 0.717) is 35.1 Å². The molecule has 2 aromatic rings. The van der Waals surface area contributed by atoms with Gasteiger partial charge in [-0.25, -0.2) is 0 Å². The zero-order chi connectivity index (χ0) is 30.2.